The zero-order valence-electron chi connectivity index (χ0n) is 14.8. The molecule has 1 aromatic heterocycles. The topological polar surface area (TPSA) is 54.5 Å². The molecule has 1 aromatic carbocycles. The van der Waals surface area contributed by atoms with Crippen LogP contribution in [0.5, 0.6) is 0 Å². The fourth-order valence-corrected chi connectivity index (χ4v) is 3.30. The molecule has 1 N–H and O–H groups in total. The van der Waals surface area contributed by atoms with Crippen LogP contribution >= 0.6 is 0 Å². The fraction of sp³-hybridized carbons (Fsp3) is 0.400. The molecule has 5 heteroatoms. The van der Waals surface area contributed by atoms with E-state index in [0.717, 1.165) is 25.2 Å². The second-order valence-electron chi connectivity index (χ2n) is 6.62. The van der Waals surface area contributed by atoms with Crippen LogP contribution in [0, 0.1) is 0 Å². The Bertz CT molecular complexity index is 695. The highest BCUT2D eigenvalue weighted by Gasteiger charge is 2.22. The number of hydrogen-bond donors (Lipinski definition) is 1. The molecule has 25 heavy (non-hydrogen) atoms. The van der Waals surface area contributed by atoms with Crippen LogP contribution in [0.15, 0.2) is 48.7 Å². The van der Waals surface area contributed by atoms with Crippen molar-refractivity contribution in [2.24, 2.45) is 0 Å². The van der Waals surface area contributed by atoms with Crippen LogP contribution in [-0.2, 0) is 17.8 Å². The predicted octanol–water partition coefficient (Wildman–Crippen LogP) is 2.62. The van der Waals surface area contributed by atoms with Crippen LogP contribution in [0.2, 0.25) is 0 Å². The SMILES string of the molecule is CC1CN(Cc2ccccc2CNC(=O)c2ccccn2)CC(C)O1. The zero-order chi connectivity index (χ0) is 17.6. The van der Waals surface area contributed by atoms with E-state index in [-0.39, 0.29) is 18.1 Å². The van der Waals surface area contributed by atoms with Gasteiger partial charge in [0.25, 0.3) is 5.91 Å². The average Bonchev–Trinajstić information content (AvgIpc) is 2.60. The molecule has 2 heterocycles. The normalized spacial score (nSPS) is 21.0. The molecule has 2 aromatic rings. The summed E-state index contributed by atoms with van der Waals surface area (Å²) in [5.74, 6) is -0.149. The number of amides is 1. The lowest BCUT2D eigenvalue weighted by Crippen LogP contribution is -2.45. The Morgan fingerprint density at radius 3 is 2.48 bits per heavy atom. The lowest BCUT2D eigenvalue weighted by molar-refractivity contribution is -0.0705. The third-order valence-electron chi connectivity index (χ3n) is 4.34. The Balaban J connectivity index is 1.64. The Kier molecular flexibility index (Phi) is 5.79. The van der Waals surface area contributed by atoms with Gasteiger partial charge >= 0.3 is 0 Å². The average molecular weight is 339 g/mol. The van der Waals surface area contributed by atoms with E-state index in [1.165, 1.54) is 5.56 Å². The lowest BCUT2D eigenvalue weighted by atomic mass is 10.1. The standard InChI is InChI=1S/C20H25N3O2/c1-15-12-23(13-16(2)25-15)14-18-8-4-3-7-17(18)11-22-20(24)19-9-5-6-10-21-19/h3-10,15-16H,11-14H2,1-2H3,(H,22,24). The first-order chi connectivity index (χ1) is 12.1. The van der Waals surface area contributed by atoms with Crippen molar-refractivity contribution in [3.05, 3.63) is 65.5 Å². The molecule has 1 aliphatic heterocycles. The summed E-state index contributed by atoms with van der Waals surface area (Å²) < 4.78 is 5.81. The van der Waals surface area contributed by atoms with Crippen molar-refractivity contribution in [3.8, 4) is 0 Å². The van der Waals surface area contributed by atoms with Crippen LogP contribution < -0.4 is 5.32 Å². The van der Waals surface area contributed by atoms with Gasteiger partial charge in [-0.15, -0.1) is 0 Å². The minimum absolute atomic E-state index is 0.149. The quantitative estimate of drug-likeness (QED) is 0.910. The smallest absolute Gasteiger partial charge is 0.270 e. The van der Waals surface area contributed by atoms with Gasteiger partial charge in [-0.2, -0.15) is 0 Å². The zero-order valence-corrected chi connectivity index (χ0v) is 14.8. The van der Waals surface area contributed by atoms with Gasteiger partial charge in [-0.25, -0.2) is 0 Å². The van der Waals surface area contributed by atoms with E-state index in [2.05, 4.69) is 41.2 Å². The summed E-state index contributed by atoms with van der Waals surface area (Å²) >= 11 is 0. The Hall–Kier alpha value is -2.24. The molecule has 1 aliphatic rings. The fourth-order valence-electron chi connectivity index (χ4n) is 3.30. The molecule has 2 atom stereocenters. The van der Waals surface area contributed by atoms with Crippen LogP contribution in [0.3, 0.4) is 0 Å². The van der Waals surface area contributed by atoms with Gasteiger partial charge in [0.1, 0.15) is 5.69 Å². The van der Waals surface area contributed by atoms with E-state index in [1.54, 1.807) is 18.3 Å². The number of rotatable bonds is 5. The first-order valence-electron chi connectivity index (χ1n) is 8.75. The van der Waals surface area contributed by atoms with E-state index < -0.39 is 0 Å². The molecule has 1 fully saturated rings. The number of benzene rings is 1. The number of pyridine rings is 1. The second-order valence-corrected chi connectivity index (χ2v) is 6.62. The van der Waals surface area contributed by atoms with E-state index in [9.17, 15) is 4.79 Å². The highest BCUT2D eigenvalue weighted by Crippen LogP contribution is 2.17. The van der Waals surface area contributed by atoms with Crippen molar-refractivity contribution >= 4 is 5.91 Å². The minimum atomic E-state index is -0.149. The predicted molar refractivity (Wildman–Crippen MR) is 97.1 cm³/mol. The van der Waals surface area contributed by atoms with Gasteiger partial charge in [-0.1, -0.05) is 30.3 Å². The van der Waals surface area contributed by atoms with Crippen molar-refractivity contribution in [2.75, 3.05) is 13.1 Å². The molecule has 3 rings (SSSR count). The van der Waals surface area contributed by atoms with Crippen molar-refractivity contribution in [1.82, 2.24) is 15.2 Å². The van der Waals surface area contributed by atoms with Crippen LogP contribution in [0.25, 0.3) is 0 Å². The number of carbonyl (C=O) groups excluding carboxylic acids is 1. The van der Waals surface area contributed by atoms with E-state index in [1.807, 2.05) is 18.2 Å². The number of nitrogens with zero attached hydrogens (tertiary/aromatic N) is 2. The number of hydrogen-bond acceptors (Lipinski definition) is 4. The molecule has 0 radical (unpaired) electrons. The Morgan fingerprint density at radius 2 is 1.80 bits per heavy atom. The molecule has 2 unspecified atom stereocenters. The van der Waals surface area contributed by atoms with Gasteiger partial charge in [-0.3, -0.25) is 14.7 Å². The summed E-state index contributed by atoms with van der Waals surface area (Å²) in [5, 5.41) is 2.97. The first kappa shape index (κ1) is 17.6. The number of carbonyl (C=O) groups is 1. The maximum Gasteiger partial charge on any atom is 0.270 e. The summed E-state index contributed by atoms with van der Waals surface area (Å²) in [5.41, 5.74) is 2.82. The molecular weight excluding hydrogens is 314 g/mol. The maximum absolute atomic E-state index is 12.2. The second kappa shape index (κ2) is 8.23. The molecule has 1 saturated heterocycles. The van der Waals surface area contributed by atoms with Crippen molar-refractivity contribution < 1.29 is 9.53 Å². The number of ether oxygens (including phenoxy) is 1. The third kappa shape index (κ3) is 4.87. The Labute approximate surface area is 149 Å². The summed E-state index contributed by atoms with van der Waals surface area (Å²) in [4.78, 5) is 18.7. The largest absolute Gasteiger partial charge is 0.373 e. The van der Waals surface area contributed by atoms with Crippen LogP contribution in [-0.4, -0.2) is 41.1 Å². The summed E-state index contributed by atoms with van der Waals surface area (Å²) in [6.45, 7) is 7.45. The Morgan fingerprint density at radius 1 is 1.12 bits per heavy atom. The van der Waals surface area contributed by atoms with Crippen molar-refractivity contribution in [2.45, 2.75) is 39.1 Å². The van der Waals surface area contributed by atoms with E-state index in [0.29, 0.717) is 12.2 Å². The molecule has 0 spiro atoms. The van der Waals surface area contributed by atoms with E-state index in [4.69, 9.17) is 4.74 Å². The molecule has 132 valence electrons. The van der Waals surface area contributed by atoms with Gasteiger partial charge in [-0.05, 0) is 37.1 Å². The van der Waals surface area contributed by atoms with Gasteiger partial charge in [0.15, 0.2) is 0 Å². The van der Waals surface area contributed by atoms with Gasteiger partial charge in [0, 0.05) is 32.4 Å². The highest BCUT2D eigenvalue weighted by molar-refractivity contribution is 5.92. The van der Waals surface area contributed by atoms with Gasteiger partial charge in [0.2, 0.25) is 0 Å². The summed E-state index contributed by atoms with van der Waals surface area (Å²) in [6.07, 6.45) is 2.13. The minimum Gasteiger partial charge on any atom is -0.373 e. The van der Waals surface area contributed by atoms with Crippen LogP contribution in [0.4, 0.5) is 0 Å². The molecule has 0 aliphatic carbocycles. The maximum atomic E-state index is 12.2. The number of aromatic nitrogens is 1. The molecule has 0 bridgehead atoms. The lowest BCUT2D eigenvalue weighted by Gasteiger charge is -2.35. The highest BCUT2D eigenvalue weighted by atomic mass is 16.5. The monoisotopic (exact) mass is 339 g/mol. The van der Waals surface area contributed by atoms with Crippen molar-refractivity contribution in [1.29, 1.82) is 0 Å². The molecule has 0 saturated carbocycles. The van der Waals surface area contributed by atoms with Crippen LogP contribution in [0.1, 0.15) is 35.5 Å². The van der Waals surface area contributed by atoms with Gasteiger partial charge < -0.3 is 10.1 Å². The van der Waals surface area contributed by atoms with Crippen molar-refractivity contribution in [3.63, 3.8) is 0 Å². The third-order valence-corrected chi connectivity index (χ3v) is 4.34. The summed E-state index contributed by atoms with van der Waals surface area (Å²) in [6, 6.07) is 13.6. The van der Waals surface area contributed by atoms with Gasteiger partial charge in [0.05, 0.1) is 12.2 Å². The summed E-state index contributed by atoms with van der Waals surface area (Å²) in [7, 11) is 0. The number of morpholine rings is 1. The molecule has 1 amide bonds. The first-order valence-corrected chi connectivity index (χ1v) is 8.75. The molecular formula is C20H25N3O2. The number of nitrogens with one attached hydrogen (secondary N) is 1. The van der Waals surface area contributed by atoms with E-state index >= 15 is 0 Å². The molecule has 5 nitrogen and oxygen atoms in total.